The van der Waals surface area contributed by atoms with E-state index >= 15 is 0 Å². The Bertz CT molecular complexity index is 443. The van der Waals surface area contributed by atoms with Crippen LogP contribution in [0.25, 0.3) is 0 Å². The molecule has 6 heteroatoms. The van der Waals surface area contributed by atoms with Crippen LogP contribution in [0.3, 0.4) is 0 Å². The third-order valence-electron chi connectivity index (χ3n) is 1.97. The van der Waals surface area contributed by atoms with Crippen molar-refractivity contribution < 1.29 is 14.8 Å². The molecule has 90 valence electrons. The third kappa shape index (κ3) is 4.89. The van der Waals surface area contributed by atoms with E-state index in [1.165, 1.54) is 18.2 Å². The summed E-state index contributed by atoms with van der Waals surface area (Å²) in [6.45, 7) is 0.848. The molecule has 0 saturated carbocycles. The van der Waals surface area contributed by atoms with E-state index in [9.17, 15) is 14.9 Å². The highest BCUT2D eigenvalue weighted by atomic mass is 16.6. The lowest BCUT2D eigenvalue weighted by molar-refractivity contribution is -0.384. The highest BCUT2D eigenvalue weighted by molar-refractivity contribution is 5.79. The smallest absolute Gasteiger partial charge is 0.328 e. The second-order valence-corrected chi connectivity index (χ2v) is 3.30. The summed E-state index contributed by atoms with van der Waals surface area (Å²) in [5.41, 5.74) is 0.827. The highest BCUT2D eigenvalue weighted by Crippen LogP contribution is 2.12. The van der Waals surface area contributed by atoms with Gasteiger partial charge in [0, 0.05) is 31.3 Å². The van der Waals surface area contributed by atoms with Crippen LogP contribution >= 0.6 is 0 Å². The largest absolute Gasteiger partial charge is 0.478 e. The maximum Gasteiger partial charge on any atom is 0.328 e. The Morgan fingerprint density at radius 1 is 1.53 bits per heavy atom. The standard InChI is InChI=1S/C11H12N2O4/c14-11(15)5-2-6-12-8-9-3-1-4-10(7-9)13(16)17/h1-5,7,12H,6,8H2,(H,14,15)/b5-2+. The molecular formula is C11H12N2O4. The summed E-state index contributed by atoms with van der Waals surface area (Å²) in [5, 5.41) is 21.8. The molecule has 1 rings (SSSR count). The summed E-state index contributed by atoms with van der Waals surface area (Å²) in [7, 11) is 0. The van der Waals surface area contributed by atoms with Gasteiger partial charge in [-0.15, -0.1) is 0 Å². The molecule has 0 aliphatic rings. The third-order valence-corrected chi connectivity index (χ3v) is 1.97. The number of nitrogens with zero attached hydrogens (tertiary/aromatic N) is 1. The first-order chi connectivity index (χ1) is 8.09. The molecule has 0 bridgehead atoms. The average Bonchev–Trinajstić information content (AvgIpc) is 2.28. The van der Waals surface area contributed by atoms with E-state index in [4.69, 9.17) is 5.11 Å². The lowest BCUT2D eigenvalue weighted by atomic mass is 10.2. The van der Waals surface area contributed by atoms with Crippen molar-refractivity contribution in [2.75, 3.05) is 6.54 Å². The normalized spacial score (nSPS) is 10.6. The number of carboxylic acid groups (broad SMARTS) is 1. The molecule has 0 radical (unpaired) electrons. The van der Waals surface area contributed by atoms with Crippen molar-refractivity contribution in [3.05, 3.63) is 52.1 Å². The molecule has 0 aliphatic heterocycles. The van der Waals surface area contributed by atoms with Crippen LogP contribution in [-0.2, 0) is 11.3 Å². The summed E-state index contributed by atoms with van der Waals surface area (Å²) < 4.78 is 0. The van der Waals surface area contributed by atoms with E-state index in [1.54, 1.807) is 12.1 Å². The molecule has 1 aromatic carbocycles. The summed E-state index contributed by atoms with van der Waals surface area (Å²) in [5.74, 6) is -0.998. The van der Waals surface area contributed by atoms with Crippen molar-refractivity contribution >= 4 is 11.7 Å². The number of hydrogen-bond acceptors (Lipinski definition) is 4. The van der Waals surface area contributed by atoms with Gasteiger partial charge in [-0.25, -0.2) is 4.79 Å². The topological polar surface area (TPSA) is 92.5 Å². The van der Waals surface area contributed by atoms with Crippen molar-refractivity contribution in [3.8, 4) is 0 Å². The number of benzene rings is 1. The van der Waals surface area contributed by atoms with Crippen LogP contribution in [0.2, 0.25) is 0 Å². The van der Waals surface area contributed by atoms with Gasteiger partial charge < -0.3 is 10.4 Å². The van der Waals surface area contributed by atoms with Crippen molar-refractivity contribution in [1.82, 2.24) is 5.32 Å². The first kappa shape index (κ1) is 12.9. The van der Waals surface area contributed by atoms with Crippen LogP contribution in [0.15, 0.2) is 36.4 Å². The first-order valence-electron chi connectivity index (χ1n) is 4.93. The summed E-state index contributed by atoms with van der Waals surface area (Å²) in [6, 6.07) is 6.28. The number of nitrogens with one attached hydrogen (secondary N) is 1. The molecule has 0 fully saturated rings. The Labute approximate surface area is 97.7 Å². The first-order valence-corrected chi connectivity index (χ1v) is 4.93. The van der Waals surface area contributed by atoms with Crippen LogP contribution in [-0.4, -0.2) is 22.5 Å². The Kier molecular flexibility index (Phi) is 4.83. The van der Waals surface area contributed by atoms with E-state index in [-0.39, 0.29) is 5.69 Å². The zero-order chi connectivity index (χ0) is 12.7. The summed E-state index contributed by atoms with van der Waals surface area (Å²) in [6.07, 6.45) is 2.51. The predicted molar refractivity (Wildman–Crippen MR) is 61.6 cm³/mol. The molecular weight excluding hydrogens is 224 g/mol. The quantitative estimate of drug-likeness (QED) is 0.336. The zero-order valence-corrected chi connectivity index (χ0v) is 9.00. The minimum Gasteiger partial charge on any atom is -0.478 e. The van der Waals surface area contributed by atoms with E-state index in [1.807, 2.05) is 0 Å². The summed E-state index contributed by atoms with van der Waals surface area (Å²) >= 11 is 0. The number of nitro benzene ring substituents is 1. The van der Waals surface area contributed by atoms with Gasteiger partial charge in [0.25, 0.3) is 5.69 Å². The number of carboxylic acids is 1. The van der Waals surface area contributed by atoms with E-state index in [2.05, 4.69) is 5.32 Å². The lowest BCUT2D eigenvalue weighted by Gasteiger charge is -2.01. The van der Waals surface area contributed by atoms with Crippen LogP contribution in [0.5, 0.6) is 0 Å². The maximum absolute atomic E-state index is 10.5. The van der Waals surface area contributed by atoms with Crippen molar-refractivity contribution in [2.45, 2.75) is 6.54 Å². The van der Waals surface area contributed by atoms with Gasteiger partial charge in [0.2, 0.25) is 0 Å². The molecule has 0 amide bonds. The SMILES string of the molecule is O=C(O)/C=C/CNCc1cccc([N+](=O)[O-])c1. The number of nitro groups is 1. The fraction of sp³-hybridized carbons (Fsp3) is 0.182. The van der Waals surface area contributed by atoms with Crippen molar-refractivity contribution in [2.24, 2.45) is 0 Å². The van der Waals surface area contributed by atoms with E-state index < -0.39 is 10.9 Å². The second-order valence-electron chi connectivity index (χ2n) is 3.30. The molecule has 0 aliphatic carbocycles. The van der Waals surface area contributed by atoms with Crippen LogP contribution in [0.1, 0.15) is 5.56 Å². The fourth-order valence-corrected chi connectivity index (χ4v) is 1.24. The minimum absolute atomic E-state index is 0.0466. The van der Waals surface area contributed by atoms with Gasteiger partial charge in [-0.3, -0.25) is 10.1 Å². The number of aliphatic carboxylic acids is 1. The van der Waals surface area contributed by atoms with E-state index in [0.29, 0.717) is 13.1 Å². The lowest BCUT2D eigenvalue weighted by Crippen LogP contribution is -2.13. The number of carbonyl (C=O) groups is 1. The molecule has 0 spiro atoms. The van der Waals surface area contributed by atoms with Gasteiger partial charge in [0.15, 0.2) is 0 Å². The Morgan fingerprint density at radius 2 is 2.29 bits per heavy atom. The van der Waals surface area contributed by atoms with Crippen molar-refractivity contribution in [1.29, 1.82) is 0 Å². The number of non-ortho nitro benzene ring substituents is 1. The molecule has 1 aromatic rings. The predicted octanol–water partition coefficient (Wildman–Crippen LogP) is 1.33. The maximum atomic E-state index is 10.5. The molecule has 6 nitrogen and oxygen atoms in total. The second kappa shape index (κ2) is 6.39. The Balaban J connectivity index is 2.44. The van der Waals surface area contributed by atoms with Crippen LogP contribution in [0.4, 0.5) is 5.69 Å². The molecule has 0 atom stereocenters. The molecule has 17 heavy (non-hydrogen) atoms. The zero-order valence-electron chi connectivity index (χ0n) is 9.00. The average molecular weight is 236 g/mol. The molecule has 0 unspecified atom stereocenters. The molecule has 0 heterocycles. The summed E-state index contributed by atoms with van der Waals surface area (Å²) in [4.78, 5) is 20.2. The fourth-order valence-electron chi connectivity index (χ4n) is 1.24. The molecule has 0 aromatic heterocycles. The number of rotatable bonds is 6. The van der Waals surface area contributed by atoms with Crippen LogP contribution < -0.4 is 5.32 Å². The van der Waals surface area contributed by atoms with Gasteiger partial charge in [0.05, 0.1) is 4.92 Å². The van der Waals surface area contributed by atoms with Crippen LogP contribution in [0, 0.1) is 10.1 Å². The van der Waals surface area contributed by atoms with Crippen molar-refractivity contribution in [3.63, 3.8) is 0 Å². The molecule has 0 saturated heterocycles. The van der Waals surface area contributed by atoms with Gasteiger partial charge in [-0.05, 0) is 5.56 Å². The Hall–Kier alpha value is -2.21. The van der Waals surface area contributed by atoms with Gasteiger partial charge in [-0.2, -0.15) is 0 Å². The van der Waals surface area contributed by atoms with E-state index in [0.717, 1.165) is 11.6 Å². The highest BCUT2D eigenvalue weighted by Gasteiger charge is 2.04. The van der Waals surface area contributed by atoms with Gasteiger partial charge in [0.1, 0.15) is 0 Å². The van der Waals surface area contributed by atoms with Gasteiger partial charge >= 0.3 is 5.97 Å². The Morgan fingerprint density at radius 3 is 2.94 bits per heavy atom. The molecule has 2 N–H and O–H groups in total. The number of hydrogen-bond donors (Lipinski definition) is 2. The monoisotopic (exact) mass is 236 g/mol. The van der Waals surface area contributed by atoms with Gasteiger partial charge in [-0.1, -0.05) is 18.2 Å². The minimum atomic E-state index is -0.998.